The molecule has 0 saturated heterocycles. The third-order valence-electron chi connectivity index (χ3n) is 1.96. The van der Waals surface area contributed by atoms with Crippen molar-refractivity contribution in [3.8, 4) is 0 Å². The number of hydrogen-bond donors (Lipinski definition) is 2. The van der Waals surface area contributed by atoms with Crippen molar-refractivity contribution >= 4 is 5.71 Å². The fourth-order valence-electron chi connectivity index (χ4n) is 1.11. The molecule has 0 aromatic carbocycles. The van der Waals surface area contributed by atoms with Crippen LogP contribution >= 0.6 is 0 Å². The average Bonchev–Trinajstić information content (AvgIpc) is 2.00. The van der Waals surface area contributed by atoms with Gasteiger partial charge in [0.2, 0.25) is 0 Å². The molecular formula is C9H20N2. The molecule has 3 N–H and O–H groups in total. The third kappa shape index (κ3) is 4.96. The van der Waals surface area contributed by atoms with E-state index in [0.29, 0.717) is 5.92 Å². The summed E-state index contributed by atoms with van der Waals surface area (Å²) in [6.45, 7) is 4.99. The van der Waals surface area contributed by atoms with Crippen LogP contribution in [-0.4, -0.2) is 12.3 Å². The molecule has 0 aliphatic carbocycles. The quantitative estimate of drug-likeness (QED) is 0.569. The number of hydrogen-bond acceptors (Lipinski definition) is 2. The first kappa shape index (κ1) is 10.6. The van der Waals surface area contributed by atoms with Gasteiger partial charge in [0.1, 0.15) is 0 Å². The molecule has 0 rings (SSSR count). The Morgan fingerprint density at radius 2 is 2.18 bits per heavy atom. The number of rotatable bonds is 6. The molecule has 0 aromatic rings. The second-order valence-electron chi connectivity index (χ2n) is 3.11. The van der Waals surface area contributed by atoms with Crippen LogP contribution in [0.5, 0.6) is 0 Å². The molecule has 0 heterocycles. The molecule has 0 spiro atoms. The molecule has 0 amide bonds. The Balaban J connectivity index is 3.46. The van der Waals surface area contributed by atoms with E-state index >= 15 is 0 Å². The zero-order chi connectivity index (χ0) is 8.69. The molecule has 11 heavy (non-hydrogen) atoms. The van der Waals surface area contributed by atoms with Crippen LogP contribution in [0.15, 0.2) is 0 Å². The summed E-state index contributed by atoms with van der Waals surface area (Å²) in [6.07, 6.45) is 4.17. The Morgan fingerprint density at radius 3 is 2.64 bits per heavy atom. The van der Waals surface area contributed by atoms with Crippen molar-refractivity contribution in [2.24, 2.45) is 11.7 Å². The van der Waals surface area contributed by atoms with Crippen molar-refractivity contribution in [3.05, 3.63) is 0 Å². The molecule has 0 aliphatic rings. The monoisotopic (exact) mass is 156 g/mol. The highest BCUT2D eigenvalue weighted by Gasteiger charge is 2.06. The zero-order valence-corrected chi connectivity index (χ0v) is 7.69. The van der Waals surface area contributed by atoms with E-state index in [1.54, 1.807) is 0 Å². The first-order chi connectivity index (χ1) is 5.22. The van der Waals surface area contributed by atoms with Crippen LogP contribution in [-0.2, 0) is 0 Å². The summed E-state index contributed by atoms with van der Waals surface area (Å²) in [5.41, 5.74) is 6.27. The summed E-state index contributed by atoms with van der Waals surface area (Å²) in [4.78, 5) is 0. The maximum Gasteiger partial charge on any atom is 0.0117 e. The average molecular weight is 156 g/mol. The second kappa shape index (κ2) is 6.35. The van der Waals surface area contributed by atoms with Gasteiger partial charge < -0.3 is 11.1 Å². The van der Waals surface area contributed by atoms with Crippen LogP contribution in [0.3, 0.4) is 0 Å². The maximum atomic E-state index is 7.63. The summed E-state index contributed by atoms with van der Waals surface area (Å²) in [6, 6.07) is 0. The normalized spacial score (nSPS) is 13.0. The fraction of sp³-hybridized carbons (Fsp3) is 0.889. The van der Waals surface area contributed by atoms with E-state index in [4.69, 9.17) is 11.1 Å². The molecule has 2 heteroatoms. The number of nitrogens with one attached hydrogen (secondary N) is 1. The Labute approximate surface area is 69.7 Å². The van der Waals surface area contributed by atoms with Gasteiger partial charge in [-0.15, -0.1) is 0 Å². The summed E-state index contributed by atoms with van der Waals surface area (Å²) >= 11 is 0. The molecule has 0 saturated carbocycles. The van der Waals surface area contributed by atoms with Gasteiger partial charge in [-0.1, -0.05) is 20.3 Å². The summed E-state index contributed by atoms with van der Waals surface area (Å²) < 4.78 is 0. The first-order valence-corrected chi connectivity index (χ1v) is 4.49. The topological polar surface area (TPSA) is 49.9 Å². The summed E-state index contributed by atoms with van der Waals surface area (Å²) in [5.74, 6) is 0.443. The van der Waals surface area contributed by atoms with Gasteiger partial charge in [0.25, 0.3) is 0 Å². The Morgan fingerprint density at radius 1 is 1.55 bits per heavy atom. The van der Waals surface area contributed by atoms with Crippen molar-refractivity contribution in [2.45, 2.75) is 39.5 Å². The van der Waals surface area contributed by atoms with E-state index < -0.39 is 0 Å². The van der Waals surface area contributed by atoms with Crippen LogP contribution < -0.4 is 5.73 Å². The van der Waals surface area contributed by atoms with E-state index in [9.17, 15) is 0 Å². The third-order valence-corrected chi connectivity index (χ3v) is 1.96. The van der Waals surface area contributed by atoms with Crippen LogP contribution in [0.1, 0.15) is 39.5 Å². The van der Waals surface area contributed by atoms with Gasteiger partial charge in [0.15, 0.2) is 0 Å². The van der Waals surface area contributed by atoms with Crippen LogP contribution in [0, 0.1) is 11.3 Å². The molecule has 0 radical (unpaired) electrons. The highest BCUT2D eigenvalue weighted by atomic mass is 14.5. The van der Waals surface area contributed by atoms with Crippen molar-refractivity contribution in [3.63, 3.8) is 0 Å². The van der Waals surface area contributed by atoms with Gasteiger partial charge in [0.05, 0.1) is 0 Å². The van der Waals surface area contributed by atoms with Gasteiger partial charge >= 0.3 is 0 Å². The van der Waals surface area contributed by atoms with Gasteiger partial charge in [-0.25, -0.2) is 0 Å². The Kier molecular flexibility index (Phi) is 6.13. The standard InChI is InChI=1S/C9H20N2/c1-3-5-9(11)8(2)6-4-7-10/h8,11H,3-7,10H2,1-2H3. The van der Waals surface area contributed by atoms with Gasteiger partial charge in [0, 0.05) is 5.71 Å². The number of nitrogens with two attached hydrogens (primary N) is 1. The highest BCUT2D eigenvalue weighted by molar-refractivity contribution is 5.83. The van der Waals surface area contributed by atoms with Crippen molar-refractivity contribution in [1.82, 2.24) is 0 Å². The molecule has 0 fully saturated rings. The largest absolute Gasteiger partial charge is 0.330 e. The predicted molar refractivity (Wildman–Crippen MR) is 50.1 cm³/mol. The summed E-state index contributed by atoms with van der Waals surface area (Å²) in [5, 5.41) is 7.63. The minimum atomic E-state index is 0.443. The lowest BCUT2D eigenvalue weighted by Gasteiger charge is -2.10. The molecule has 1 atom stereocenters. The maximum absolute atomic E-state index is 7.63. The molecule has 66 valence electrons. The molecular weight excluding hydrogens is 136 g/mol. The molecule has 0 bridgehead atoms. The smallest absolute Gasteiger partial charge is 0.0117 e. The van der Waals surface area contributed by atoms with Crippen LogP contribution in [0.4, 0.5) is 0 Å². The zero-order valence-electron chi connectivity index (χ0n) is 7.69. The predicted octanol–water partition coefficient (Wildman–Crippen LogP) is 2.18. The van der Waals surface area contributed by atoms with E-state index in [1.807, 2.05) is 0 Å². The SMILES string of the molecule is CCCC(=N)C(C)CCCN. The molecule has 0 aromatic heterocycles. The van der Waals surface area contributed by atoms with Crippen molar-refractivity contribution in [2.75, 3.05) is 6.54 Å². The molecule has 2 nitrogen and oxygen atoms in total. The molecule has 0 aliphatic heterocycles. The highest BCUT2D eigenvalue weighted by Crippen LogP contribution is 2.09. The lowest BCUT2D eigenvalue weighted by molar-refractivity contribution is 0.627. The van der Waals surface area contributed by atoms with E-state index in [-0.39, 0.29) is 0 Å². The Bertz CT molecular complexity index is 110. The van der Waals surface area contributed by atoms with Gasteiger partial charge in [-0.3, -0.25) is 0 Å². The van der Waals surface area contributed by atoms with Crippen LogP contribution in [0.25, 0.3) is 0 Å². The van der Waals surface area contributed by atoms with E-state index in [2.05, 4.69) is 13.8 Å². The molecule has 1 unspecified atom stereocenters. The fourth-order valence-corrected chi connectivity index (χ4v) is 1.11. The van der Waals surface area contributed by atoms with Crippen molar-refractivity contribution in [1.29, 1.82) is 5.41 Å². The first-order valence-electron chi connectivity index (χ1n) is 4.49. The minimum absolute atomic E-state index is 0.443. The summed E-state index contributed by atoms with van der Waals surface area (Å²) in [7, 11) is 0. The second-order valence-corrected chi connectivity index (χ2v) is 3.11. The lowest BCUT2D eigenvalue weighted by Crippen LogP contribution is -2.11. The van der Waals surface area contributed by atoms with Gasteiger partial charge in [-0.05, 0) is 31.7 Å². The van der Waals surface area contributed by atoms with Crippen LogP contribution in [0.2, 0.25) is 0 Å². The van der Waals surface area contributed by atoms with Gasteiger partial charge in [-0.2, -0.15) is 0 Å². The minimum Gasteiger partial charge on any atom is -0.330 e. The lowest BCUT2D eigenvalue weighted by atomic mass is 9.97. The van der Waals surface area contributed by atoms with E-state index in [1.165, 1.54) is 0 Å². The Hall–Kier alpha value is -0.370. The van der Waals surface area contributed by atoms with E-state index in [0.717, 1.165) is 37.9 Å². The van der Waals surface area contributed by atoms with Crippen molar-refractivity contribution < 1.29 is 0 Å².